The van der Waals surface area contributed by atoms with Gasteiger partial charge in [0, 0.05) is 20.1 Å². The van der Waals surface area contributed by atoms with Crippen LogP contribution in [0.3, 0.4) is 0 Å². The predicted octanol–water partition coefficient (Wildman–Crippen LogP) is 0.993. The van der Waals surface area contributed by atoms with Gasteiger partial charge in [0.25, 0.3) is 5.56 Å². The zero-order chi connectivity index (χ0) is 21.1. The van der Waals surface area contributed by atoms with Gasteiger partial charge < -0.3 is 21.8 Å². The molecule has 0 aliphatic rings. The average molecular weight is 414 g/mol. The molecule has 0 fully saturated rings. The molecule has 1 aromatic carbocycles. The molecule has 0 saturated carbocycles. The molecule has 2 heterocycles. The van der Waals surface area contributed by atoms with Crippen molar-refractivity contribution in [1.29, 1.82) is 5.26 Å². The first-order chi connectivity index (χ1) is 13.9. The van der Waals surface area contributed by atoms with Crippen LogP contribution in [0, 0.1) is 11.3 Å². The van der Waals surface area contributed by atoms with Crippen LogP contribution in [-0.2, 0) is 0 Å². The van der Waals surface area contributed by atoms with Crippen LogP contribution < -0.4 is 27.4 Å². The fraction of sp³-hybridized carbons (Fsp3) is 0.278. The van der Waals surface area contributed by atoms with Gasteiger partial charge in [-0.15, -0.1) is 0 Å². The monoisotopic (exact) mass is 413 g/mol. The standard InChI is InChI=1S/C18H20ClN9O/c1-10(25-16-11(8-21)15(22)23-9-24-16)17-26-13-5-3-4-12(19)14(13)18(29)28(17)27(2)7-6-20/h3-5,9-10H,6-7,20H2,1-2H3,(H3,22,23,24,25)/t10-/m0/s1. The number of halogens is 1. The van der Waals surface area contributed by atoms with Gasteiger partial charge in [-0.2, -0.15) is 5.26 Å². The summed E-state index contributed by atoms with van der Waals surface area (Å²) in [6.07, 6.45) is 1.26. The molecular weight excluding hydrogens is 394 g/mol. The van der Waals surface area contributed by atoms with Crippen LogP contribution in [0.2, 0.25) is 5.02 Å². The highest BCUT2D eigenvalue weighted by Gasteiger charge is 2.22. The zero-order valence-electron chi connectivity index (χ0n) is 15.9. The summed E-state index contributed by atoms with van der Waals surface area (Å²) in [6.45, 7) is 2.55. The predicted molar refractivity (Wildman–Crippen MR) is 112 cm³/mol. The van der Waals surface area contributed by atoms with Gasteiger partial charge >= 0.3 is 0 Å². The molecule has 29 heavy (non-hydrogen) atoms. The molecule has 0 amide bonds. The van der Waals surface area contributed by atoms with E-state index in [2.05, 4.69) is 20.3 Å². The van der Waals surface area contributed by atoms with E-state index >= 15 is 0 Å². The van der Waals surface area contributed by atoms with Gasteiger partial charge in [-0.25, -0.2) is 19.6 Å². The number of nitrogens with one attached hydrogen (secondary N) is 1. The third-order valence-electron chi connectivity index (χ3n) is 4.37. The first-order valence-corrected chi connectivity index (χ1v) is 9.16. The highest BCUT2D eigenvalue weighted by atomic mass is 35.5. The van der Waals surface area contributed by atoms with Crippen LogP contribution in [0.15, 0.2) is 29.3 Å². The van der Waals surface area contributed by atoms with Crippen LogP contribution in [0.5, 0.6) is 0 Å². The minimum absolute atomic E-state index is 0.0630. The topological polar surface area (TPSA) is 152 Å². The van der Waals surface area contributed by atoms with Crippen molar-refractivity contribution in [3.8, 4) is 6.07 Å². The zero-order valence-corrected chi connectivity index (χ0v) is 16.7. The molecule has 150 valence electrons. The highest BCUT2D eigenvalue weighted by Crippen LogP contribution is 2.24. The Bertz CT molecular complexity index is 1150. The molecule has 10 nitrogen and oxygen atoms in total. The normalized spacial score (nSPS) is 11.8. The lowest BCUT2D eigenvalue weighted by atomic mass is 10.2. The van der Waals surface area contributed by atoms with Crippen molar-refractivity contribution in [3.05, 3.63) is 51.3 Å². The third-order valence-corrected chi connectivity index (χ3v) is 4.69. The van der Waals surface area contributed by atoms with E-state index in [1.165, 1.54) is 11.0 Å². The SMILES string of the molecule is C[C@H](Nc1ncnc(N)c1C#N)c1nc2cccc(Cl)c2c(=O)n1N(C)CCN. The van der Waals surface area contributed by atoms with Crippen LogP contribution >= 0.6 is 11.6 Å². The number of hydrogen-bond donors (Lipinski definition) is 3. The lowest BCUT2D eigenvalue weighted by molar-refractivity contribution is 0.569. The van der Waals surface area contributed by atoms with E-state index in [4.69, 9.17) is 23.1 Å². The number of nitrogens with zero attached hydrogens (tertiary/aromatic N) is 6. The smallest absolute Gasteiger partial charge is 0.281 e. The summed E-state index contributed by atoms with van der Waals surface area (Å²) in [5, 5.41) is 14.8. The fourth-order valence-corrected chi connectivity index (χ4v) is 3.23. The number of rotatable bonds is 6. The summed E-state index contributed by atoms with van der Waals surface area (Å²) >= 11 is 6.26. The number of anilines is 2. The quantitative estimate of drug-likeness (QED) is 0.537. The number of nitrogen functional groups attached to an aromatic ring is 1. The number of aromatic nitrogens is 4. The second-order valence-corrected chi connectivity index (χ2v) is 6.76. The van der Waals surface area contributed by atoms with Crippen molar-refractivity contribution in [2.45, 2.75) is 13.0 Å². The number of fused-ring (bicyclic) bond motifs is 1. The van der Waals surface area contributed by atoms with Crippen LogP contribution in [0.1, 0.15) is 24.4 Å². The van der Waals surface area contributed by atoms with Crippen LogP contribution in [0.4, 0.5) is 11.6 Å². The Kier molecular flexibility index (Phi) is 5.81. The lowest BCUT2D eigenvalue weighted by Crippen LogP contribution is -2.45. The van der Waals surface area contributed by atoms with Gasteiger partial charge in [0.1, 0.15) is 29.6 Å². The van der Waals surface area contributed by atoms with Crippen molar-refractivity contribution in [2.24, 2.45) is 5.73 Å². The molecule has 2 aromatic heterocycles. The van der Waals surface area contributed by atoms with Gasteiger partial charge in [0.2, 0.25) is 0 Å². The largest absolute Gasteiger partial charge is 0.382 e. The number of nitriles is 1. The van der Waals surface area contributed by atoms with Crippen molar-refractivity contribution in [1.82, 2.24) is 19.6 Å². The summed E-state index contributed by atoms with van der Waals surface area (Å²) in [5.74, 6) is 0.718. The van der Waals surface area contributed by atoms with Crippen LogP contribution in [-0.4, -0.2) is 39.8 Å². The summed E-state index contributed by atoms with van der Waals surface area (Å²) < 4.78 is 1.43. The number of benzene rings is 1. The Balaban J connectivity index is 2.17. The Morgan fingerprint density at radius 3 is 2.86 bits per heavy atom. The van der Waals surface area contributed by atoms with Crippen molar-refractivity contribution in [3.63, 3.8) is 0 Å². The van der Waals surface area contributed by atoms with Gasteiger partial charge in [-0.3, -0.25) is 4.79 Å². The number of nitrogens with two attached hydrogens (primary N) is 2. The molecule has 11 heteroatoms. The number of likely N-dealkylation sites (N-methyl/N-ethyl adjacent to an activating group) is 1. The Morgan fingerprint density at radius 1 is 1.41 bits per heavy atom. The molecule has 0 unspecified atom stereocenters. The molecule has 3 rings (SSSR count). The van der Waals surface area contributed by atoms with E-state index in [0.29, 0.717) is 34.8 Å². The second-order valence-electron chi connectivity index (χ2n) is 6.35. The van der Waals surface area contributed by atoms with E-state index in [9.17, 15) is 10.1 Å². The van der Waals surface area contributed by atoms with E-state index in [1.807, 2.05) is 6.07 Å². The first kappa shape index (κ1) is 20.3. The van der Waals surface area contributed by atoms with Crippen molar-refractivity contribution in [2.75, 3.05) is 36.2 Å². The van der Waals surface area contributed by atoms with E-state index < -0.39 is 6.04 Å². The van der Waals surface area contributed by atoms with Crippen molar-refractivity contribution >= 4 is 34.1 Å². The maximum absolute atomic E-state index is 13.3. The molecule has 0 bridgehead atoms. The fourth-order valence-electron chi connectivity index (χ4n) is 2.98. The van der Waals surface area contributed by atoms with E-state index in [-0.39, 0.29) is 22.8 Å². The molecule has 0 aliphatic carbocycles. The van der Waals surface area contributed by atoms with Gasteiger partial charge in [0.05, 0.1) is 22.0 Å². The Labute approximate surface area is 171 Å². The van der Waals surface area contributed by atoms with Gasteiger partial charge in [0.15, 0.2) is 5.82 Å². The summed E-state index contributed by atoms with van der Waals surface area (Å²) in [6, 6.07) is 6.56. The minimum Gasteiger partial charge on any atom is -0.382 e. The van der Waals surface area contributed by atoms with Gasteiger partial charge in [-0.05, 0) is 19.1 Å². The average Bonchev–Trinajstić information content (AvgIpc) is 2.68. The number of hydrogen-bond acceptors (Lipinski definition) is 9. The molecule has 3 aromatic rings. The maximum Gasteiger partial charge on any atom is 0.281 e. The second kappa shape index (κ2) is 8.30. The first-order valence-electron chi connectivity index (χ1n) is 8.78. The third kappa shape index (κ3) is 3.78. The molecule has 0 aliphatic heterocycles. The maximum atomic E-state index is 13.3. The van der Waals surface area contributed by atoms with E-state index in [0.717, 1.165) is 0 Å². The molecule has 0 radical (unpaired) electrons. The molecule has 5 N–H and O–H groups in total. The highest BCUT2D eigenvalue weighted by molar-refractivity contribution is 6.35. The Morgan fingerprint density at radius 2 is 2.17 bits per heavy atom. The molecular formula is C18H20ClN9O. The minimum atomic E-state index is -0.507. The summed E-state index contributed by atoms with van der Waals surface area (Å²) in [4.78, 5) is 25.8. The molecule has 0 saturated heterocycles. The summed E-state index contributed by atoms with van der Waals surface area (Å²) in [7, 11) is 1.73. The van der Waals surface area contributed by atoms with Gasteiger partial charge in [-0.1, -0.05) is 17.7 Å². The molecule has 1 atom stereocenters. The summed E-state index contributed by atoms with van der Waals surface area (Å²) in [5.41, 5.74) is 11.7. The van der Waals surface area contributed by atoms with Crippen molar-refractivity contribution < 1.29 is 0 Å². The molecule has 0 spiro atoms. The lowest BCUT2D eigenvalue weighted by Gasteiger charge is -2.27. The van der Waals surface area contributed by atoms with Crippen LogP contribution in [0.25, 0.3) is 10.9 Å². The van der Waals surface area contributed by atoms with E-state index in [1.54, 1.807) is 37.2 Å². The Hall–Kier alpha value is -3.42.